The van der Waals surface area contributed by atoms with Gasteiger partial charge in [0.1, 0.15) is 5.75 Å². The van der Waals surface area contributed by atoms with E-state index in [1.165, 1.54) is 0 Å². The molecule has 132 valence electrons. The number of nitrogens with zero attached hydrogens (tertiary/aromatic N) is 1. The Morgan fingerprint density at radius 3 is 2.84 bits per heavy atom. The second-order valence-corrected chi connectivity index (χ2v) is 6.48. The predicted octanol–water partition coefficient (Wildman–Crippen LogP) is 4.02. The molecule has 0 aliphatic carbocycles. The fraction of sp³-hybridized carbons (Fsp3) is 0.350. The number of aliphatic hydroxyl groups excluding tert-OH is 1. The Labute approximate surface area is 148 Å². The Hall–Kier alpha value is -2.53. The van der Waals surface area contributed by atoms with Crippen LogP contribution in [0.2, 0.25) is 0 Å². The number of carbonyl (C=O) groups excluding carboxylic acids is 1. The summed E-state index contributed by atoms with van der Waals surface area (Å²) in [7, 11) is 0. The average Bonchev–Trinajstić information content (AvgIpc) is 2.65. The number of urea groups is 1. The first-order valence-electron chi connectivity index (χ1n) is 8.66. The number of aliphatic hydroxyl groups is 1. The lowest BCUT2D eigenvalue weighted by atomic mass is 9.99. The number of ether oxygens (including phenoxy) is 1. The van der Waals surface area contributed by atoms with Crippen molar-refractivity contribution in [2.75, 3.05) is 25.0 Å². The van der Waals surface area contributed by atoms with Gasteiger partial charge in [-0.3, -0.25) is 0 Å². The number of likely N-dealkylation sites (tertiary alicyclic amines) is 1. The number of rotatable bonds is 4. The molecular formula is C20H24N2O3. The first-order valence-corrected chi connectivity index (χ1v) is 8.66. The number of aryl methyl sites for hydroxylation is 1. The van der Waals surface area contributed by atoms with Crippen molar-refractivity contribution in [2.24, 2.45) is 5.92 Å². The Morgan fingerprint density at radius 1 is 1.28 bits per heavy atom. The van der Waals surface area contributed by atoms with Gasteiger partial charge in [0, 0.05) is 19.7 Å². The van der Waals surface area contributed by atoms with Gasteiger partial charge in [-0.05, 0) is 55.5 Å². The van der Waals surface area contributed by atoms with E-state index in [4.69, 9.17) is 4.74 Å². The molecule has 2 aromatic carbocycles. The lowest BCUT2D eigenvalue weighted by Gasteiger charge is -2.32. The number of anilines is 1. The van der Waals surface area contributed by atoms with Crippen LogP contribution in [0.5, 0.6) is 11.5 Å². The van der Waals surface area contributed by atoms with Crippen LogP contribution < -0.4 is 10.1 Å². The van der Waals surface area contributed by atoms with Gasteiger partial charge in [-0.15, -0.1) is 0 Å². The van der Waals surface area contributed by atoms with E-state index >= 15 is 0 Å². The van der Waals surface area contributed by atoms with Crippen LogP contribution in [0, 0.1) is 12.8 Å². The molecule has 2 amide bonds. The standard InChI is InChI=1S/C20H24N2O3/c1-15-9-10-19(25-17-7-3-2-4-8-17)18(12-15)21-20(24)22-11-5-6-16(13-22)14-23/h2-4,7-10,12,16,23H,5-6,11,13-14H2,1H3,(H,21,24). The summed E-state index contributed by atoms with van der Waals surface area (Å²) in [6.45, 7) is 3.40. The molecule has 1 aliphatic heterocycles. The summed E-state index contributed by atoms with van der Waals surface area (Å²) in [6, 6.07) is 15.1. The Kier molecular flexibility index (Phi) is 5.56. The largest absolute Gasteiger partial charge is 0.455 e. The molecule has 0 radical (unpaired) electrons. The molecule has 1 saturated heterocycles. The molecule has 0 spiro atoms. The highest BCUT2D eigenvalue weighted by Crippen LogP contribution is 2.31. The number of hydrogen-bond donors (Lipinski definition) is 2. The Bertz CT molecular complexity index is 718. The number of piperidine rings is 1. The number of carbonyl (C=O) groups is 1. The highest BCUT2D eigenvalue weighted by atomic mass is 16.5. The zero-order valence-electron chi connectivity index (χ0n) is 14.4. The molecule has 1 atom stereocenters. The summed E-state index contributed by atoms with van der Waals surface area (Å²) in [6.07, 6.45) is 1.88. The third-order valence-electron chi connectivity index (χ3n) is 4.41. The third-order valence-corrected chi connectivity index (χ3v) is 4.41. The van der Waals surface area contributed by atoms with Crippen LogP contribution in [-0.4, -0.2) is 35.7 Å². The molecule has 25 heavy (non-hydrogen) atoms. The second-order valence-electron chi connectivity index (χ2n) is 6.48. The summed E-state index contributed by atoms with van der Waals surface area (Å²) in [5, 5.41) is 12.3. The van der Waals surface area contributed by atoms with E-state index in [1.54, 1.807) is 4.90 Å². The highest BCUT2D eigenvalue weighted by molar-refractivity contribution is 5.91. The lowest BCUT2D eigenvalue weighted by Crippen LogP contribution is -2.43. The quantitative estimate of drug-likeness (QED) is 0.883. The van der Waals surface area contributed by atoms with Gasteiger partial charge in [0.15, 0.2) is 5.75 Å². The monoisotopic (exact) mass is 340 g/mol. The first kappa shape index (κ1) is 17.3. The summed E-state index contributed by atoms with van der Waals surface area (Å²) in [5.41, 5.74) is 1.70. The zero-order chi connectivity index (χ0) is 17.6. The second kappa shape index (κ2) is 8.03. The van der Waals surface area contributed by atoms with Crippen molar-refractivity contribution >= 4 is 11.7 Å². The molecule has 5 nitrogen and oxygen atoms in total. The van der Waals surface area contributed by atoms with E-state index in [2.05, 4.69) is 5.32 Å². The summed E-state index contributed by atoms with van der Waals surface area (Å²) in [5.74, 6) is 1.50. The molecule has 0 aromatic heterocycles. The van der Waals surface area contributed by atoms with Crippen LogP contribution in [-0.2, 0) is 0 Å². The molecule has 1 unspecified atom stereocenters. The van der Waals surface area contributed by atoms with Crippen molar-refractivity contribution in [3.63, 3.8) is 0 Å². The van der Waals surface area contributed by atoms with E-state index in [-0.39, 0.29) is 18.6 Å². The normalized spacial score (nSPS) is 17.2. The van der Waals surface area contributed by atoms with E-state index in [0.29, 0.717) is 24.5 Å². The highest BCUT2D eigenvalue weighted by Gasteiger charge is 2.23. The maximum Gasteiger partial charge on any atom is 0.321 e. The first-order chi connectivity index (χ1) is 12.2. The molecule has 0 bridgehead atoms. The smallest absolute Gasteiger partial charge is 0.321 e. The van der Waals surface area contributed by atoms with Crippen LogP contribution in [0.1, 0.15) is 18.4 Å². The van der Waals surface area contributed by atoms with Crippen LogP contribution in [0.4, 0.5) is 10.5 Å². The minimum Gasteiger partial charge on any atom is -0.455 e. The summed E-state index contributed by atoms with van der Waals surface area (Å²) in [4.78, 5) is 14.4. The zero-order valence-corrected chi connectivity index (χ0v) is 14.4. The van der Waals surface area contributed by atoms with Gasteiger partial charge in [-0.2, -0.15) is 0 Å². The van der Waals surface area contributed by atoms with Crippen molar-refractivity contribution in [3.8, 4) is 11.5 Å². The SMILES string of the molecule is Cc1ccc(Oc2ccccc2)c(NC(=O)N2CCCC(CO)C2)c1. The van der Waals surface area contributed by atoms with E-state index in [0.717, 1.165) is 24.2 Å². The average molecular weight is 340 g/mol. The van der Waals surface area contributed by atoms with Crippen LogP contribution >= 0.6 is 0 Å². The summed E-state index contributed by atoms with van der Waals surface area (Å²) < 4.78 is 5.92. The van der Waals surface area contributed by atoms with Gasteiger partial charge in [-0.1, -0.05) is 24.3 Å². The van der Waals surface area contributed by atoms with Gasteiger partial charge in [0.2, 0.25) is 0 Å². The van der Waals surface area contributed by atoms with Crippen molar-refractivity contribution in [1.29, 1.82) is 0 Å². The number of para-hydroxylation sites is 1. The van der Waals surface area contributed by atoms with Crippen molar-refractivity contribution < 1.29 is 14.6 Å². The molecule has 1 aliphatic rings. The minimum atomic E-state index is -0.151. The minimum absolute atomic E-state index is 0.122. The van der Waals surface area contributed by atoms with Crippen molar-refractivity contribution in [1.82, 2.24) is 4.90 Å². The molecule has 5 heteroatoms. The fourth-order valence-corrected chi connectivity index (χ4v) is 3.04. The maximum absolute atomic E-state index is 12.6. The molecule has 0 saturated carbocycles. The van der Waals surface area contributed by atoms with Gasteiger partial charge >= 0.3 is 6.03 Å². The molecule has 1 heterocycles. The van der Waals surface area contributed by atoms with Gasteiger partial charge < -0.3 is 20.1 Å². The third kappa shape index (κ3) is 4.51. The molecule has 3 rings (SSSR count). The predicted molar refractivity (Wildman–Crippen MR) is 98.1 cm³/mol. The molecular weight excluding hydrogens is 316 g/mol. The van der Waals surface area contributed by atoms with E-state index < -0.39 is 0 Å². The van der Waals surface area contributed by atoms with Crippen LogP contribution in [0.15, 0.2) is 48.5 Å². The fourth-order valence-electron chi connectivity index (χ4n) is 3.04. The van der Waals surface area contributed by atoms with Crippen LogP contribution in [0.25, 0.3) is 0 Å². The van der Waals surface area contributed by atoms with Crippen molar-refractivity contribution in [2.45, 2.75) is 19.8 Å². The Morgan fingerprint density at radius 2 is 2.08 bits per heavy atom. The van der Waals surface area contributed by atoms with Crippen LogP contribution in [0.3, 0.4) is 0 Å². The molecule has 2 aromatic rings. The summed E-state index contributed by atoms with van der Waals surface area (Å²) >= 11 is 0. The lowest BCUT2D eigenvalue weighted by molar-refractivity contribution is 0.136. The molecule has 1 fully saturated rings. The number of nitrogens with one attached hydrogen (secondary N) is 1. The van der Waals surface area contributed by atoms with E-state index in [1.807, 2.05) is 55.5 Å². The molecule has 2 N–H and O–H groups in total. The van der Waals surface area contributed by atoms with Gasteiger partial charge in [-0.25, -0.2) is 4.79 Å². The van der Waals surface area contributed by atoms with E-state index in [9.17, 15) is 9.90 Å². The number of hydrogen-bond acceptors (Lipinski definition) is 3. The maximum atomic E-state index is 12.6. The number of benzene rings is 2. The number of amides is 2. The Balaban J connectivity index is 1.74. The van der Waals surface area contributed by atoms with Gasteiger partial charge in [0.25, 0.3) is 0 Å². The van der Waals surface area contributed by atoms with Gasteiger partial charge in [0.05, 0.1) is 5.69 Å². The van der Waals surface area contributed by atoms with Crippen molar-refractivity contribution in [3.05, 3.63) is 54.1 Å². The topological polar surface area (TPSA) is 61.8 Å².